The summed E-state index contributed by atoms with van der Waals surface area (Å²) in [6.45, 7) is 5.79. The van der Waals surface area contributed by atoms with Crippen LogP contribution in [0.15, 0.2) is 37.0 Å². The summed E-state index contributed by atoms with van der Waals surface area (Å²) in [5, 5.41) is 19.6. The maximum atomic E-state index is 9.80. The van der Waals surface area contributed by atoms with E-state index in [1.54, 1.807) is 0 Å². The van der Waals surface area contributed by atoms with Gasteiger partial charge in [-0.25, -0.2) is 0 Å². The van der Waals surface area contributed by atoms with Crippen molar-refractivity contribution in [2.75, 3.05) is 0 Å². The fourth-order valence-electron chi connectivity index (χ4n) is 1.84. The third kappa shape index (κ3) is 11.9. The molecule has 0 radical (unpaired) electrons. The number of aliphatic hydroxyl groups is 2. The lowest BCUT2D eigenvalue weighted by Crippen LogP contribution is -2.25. The predicted molar refractivity (Wildman–Crippen MR) is 83.1 cm³/mol. The highest BCUT2D eigenvalue weighted by Gasteiger charge is 2.13. The van der Waals surface area contributed by atoms with Crippen LogP contribution in [0, 0.1) is 0 Å². The molecule has 0 heterocycles. The van der Waals surface area contributed by atoms with E-state index in [0.29, 0.717) is 12.8 Å². The van der Waals surface area contributed by atoms with Crippen molar-refractivity contribution in [3.8, 4) is 0 Å². The molecule has 0 amide bonds. The van der Waals surface area contributed by atoms with Gasteiger partial charge in [0.15, 0.2) is 0 Å². The molecular formula is C17H30O2. The van der Waals surface area contributed by atoms with E-state index < -0.39 is 12.2 Å². The molecule has 2 heteroatoms. The molecule has 0 aromatic heterocycles. The van der Waals surface area contributed by atoms with Gasteiger partial charge in [-0.3, -0.25) is 0 Å². The first-order valence-corrected chi connectivity index (χ1v) is 7.49. The Morgan fingerprint density at radius 1 is 0.947 bits per heavy atom. The summed E-state index contributed by atoms with van der Waals surface area (Å²) in [5.74, 6) is 0. The Kier molecular flexibility index (Phi) is 13.0. The molecule has 19 heavy (non-hydrogen) atoms. The van der Waals surface area contributed by atoms with Gasteiger partial charge in [-0.1, -0.05) is 50.1 Å². The van der Waals surface area contributed by atoms with Crippen LogP contribution in [0.25, 0.3) is 0 Å². The van der Waals surface area contributed by atoms with Gasteiger partial charge in [0.1, 0.15) is 0 Å². The van der Waals surface area contributed by atoms with Gasteiger partial charge in [0.2, 0.25) is 0 Å². The van der Waals surface area contributed by atoms with Crippen molar-refractivity contribution < 1.29 is 10.2 Å². The maximum absolute atomic E-state index is 9.80. The molecule has 0 fully saturated rings. The van der Waals surface area contributed by atoms with Crippen LogP contribution >= 0.6 is 0 Å². The van der Waals surface area contributed by atoms with E-state index >= 15 is 0 Å². The fraction of sp³-hybridized carbons (Fsp3) is 0.647. The summed E-state index contributed by atoms with van der Waals surface area (Å²) in [6.07, 6.45) is 16.3. The molecule has 0 bridgehead atoms. The lowest BCUT2D eigenvalue weighted by molar-refractivity contribution is 0.0153. The third-order valence-electron chi connectivity index (χ3n) is 3.07. The Labute approximate surface area is 118 Å². The minimum Gasteiger partial charge on any atom is -0.390 e. The SMILES string of the molecule is C=CCCCCCC(O)C(O)CC=CCC=CCC. The normalized spacial score (nSPS) is 15.1. The average molecular weight is 266 g/mol. The molecule has 0 aliphatic carbocycles. The molecule has 110 valence electrons. The van der Waals surface area contributed by atoms with E-state index in [1.165, 1.54) is 0 Å². The summed E-state index contributed by atoms with van der Waals surface area (Å²) < 4.78 is 0. The van der Waals surface area contributed by atoms with Crippen LogP contribution in [0.1, 0.15) is 58.3 Å². The molecule has 2 atom stereocenters. The third-order valence-corrected chi connectivity index (χ3v) is 3.07. The topological polar surface area (TPSA) is 40.5 Å². The van der Waals surface area contributed by atoms with Gasteiger partial charge in [-0.15, -0.1) is 6.58 Å². The first kappa shape index (κ1) is 18.1. The van der Waals surface area contributed by atoms with E-state index in [4.69, 9.17) is 0 Å². The predicted octanol–water partition coefficient (Wildman–Crippen LogP) is 4.15. The minimum atomic E-state index is -0.634. The smallest absolute Gasteiger partial charge is 0.0833 e. The van der Waals surface area contributed by atoms with Crippen LogP contribution in [-0.4, -0.2) is 22.4 Å². The van der Waals surface area contributed by atoms with Crippen LogP contribution in [0.4, 0.5) is 0 Å². The monoisotopic (exact) mass is 266 g/mol. The number of hydrogen-bond acceptors (Lipinski definition) is 2. The molecule has 0 rings (SSSR count). The zero-order chi connectivity index (χ0) is 14.3. The van der Waals surface area contributed by atoms with Crippen molar-refractivity contribution in [2.24, 2.45) is 0 Å². The number of unbranched alkanes of at least 4 members (excludes halogenated alkanes) is 3. The molecule has 0 saturated heterocycles. The summed E-state index contributed by atoms with van der Waals surface area (Å²) in [5.41, 5.74) is 0. The Morgan fingerprint density at radius 2 is 1.68 bits per heavy atom. The van der Waals surface area contributed by atoms with Crippen molar-refractivity contribution in [1.29, 1.82) is 0 Å². The minimum absolute atomic E-state index is 0.536. The average Bonchev–Trinajstić information content (AvgIpc) is 2.42. The Hall–Kier alpha value is -0.860. The van der Waals surface area contributed by atoms with E-state index in [1.807, 2.05) is 18.2 Å². The molecule has 2 nitrogen and oxygen atoms in total. The Bertz CT molecular complexity index is 256. The summed E-state index contributed by atoms with van der Waals surface area (Å²) in [4.78, 5) is 0. The van der Waals surface area contributed by atoms with E-state index in [9.17, 15) is 10.2 Å². The summed E-state index contributed by atoms with van der Waals surface area (Å²) >= 11 is 0. The van der Waals surface area contributed by atoms with Crippen molar-refractivity contribution in [3.63, 3.8) is 0 Å². The molecular weight excluding hydrogens is 236 g/mol. The first-order valence-electron chi connectivity index (χ1n) is 7.49. The number of allylic oxidation sites excluding steroid dienone is 4. The number of rotatable bonds is 12. The molecule has 0 spiro atoms. The van der Waals surface area contributed by atoms with Gasteiger partial charge in [-0.2, -0.15) is 0 Å². The van der Waals surface area contributed by atoms with E-state index in [0.717, 1.165) is 38.5 Å². The summed E-state index contributed by atoms with van der Waals surface area (Å²) in [6, 6.07) is 0. The van der Waals surface area contributed by atoms with Crippen LogP contribution in [0.3, 0.4) is 0 Å². The second-order valence-electron chi connectivity index (χ2n) is 4.88. The Morgan fingerprint density at radius 3 is 2.37 bits per heavy atom. The van der Waals surface area contributed by atoms with Crippen molar-refractivity contribution >= 4 is 0 Å². The van der Waals surface area contributed by atoms with Crippen molar-refractivity contribution in [3.05, 3.63) is 37.0 Å². The van der Waals surface area contributed by atoms with Crippen LogP contribution in [0.5, 0.6) is 0 Å². The highest BCUT2D eigenvalue weighted by atomic mass is 16.3. The van der Waals surface area contributed by atoms with Gasteiger partial charge in [0.25, 0.3) is 0 Å². The second kappa shape index (κ2) is 13.6. The van der Waals surface area contributed by atoms with Crippen LogP contribution in [0.2, 0.25) is 0 Å². The number of aliphatic hydroxyl groups excluding tert-OH is 2. The first-order chi connectivity index (χ1) is 9.22. The summed E-state index contributed by atoms with van der Waals surface area (Å²) in [7, 11) is 0. The Balaban J connectivity index is 3.60. The van der Waals surface area contributed by atoms with Crippen LogP contribution < -0.4 is 0 Å². The van der Waals surface area contributed by atoms with Crippen molar-refractivity contribution in [1.82, 2.24) is 0 Å². The molecule has 0 aliphatic rings. The van der Waals surface area contributed by atoms with Crippen LogP contribution in [-0.2, 0) is 0 Å². The zero-order valence-corrected chi connectivity index (χ0v) is 12.3. The highest BCUT2D eigenvalue weighted by Crippen LogP contribution is 2.11. The quantitative estimate of drug-likeness (QED) is 0.411. The van der Waals surface area contributed by atoms with Crippen molar-refractivity contribution in [2.45, 2.75) is 70.5 Å². The molecule has 2 unspecified atom stereocenters. The fourth-order valence-corrected chi connectivity index (χ4v) is 1.84. The van der Waals surface area contributed by atoms with Gasteiger partial charge in [0.05, 0.1) is 12.2 Å². The lowest BCUT2D eigenvalue weighted by atomic mass is 10.0. The molecule has 0 aliphatic heterocycles. The van der Waals surface area contributed by atoms with Gasteiger partial charge in [0, 0.05) is 0 Å². The van der Waals surface area contributed by atoms with Gasteiger partial charge >= 0.3 is 0 Å². The molecule has 2 N–H and O–H groups in total. The van der Waals surface area contributed by atoms with E-state index in [-0.39, 0.29) is 0 Å². The molecule has 0 aromatic rings. The second-order valence-corrected chi connectivity index (χ2v) is 4.88. The zero-order valence-electron chi connectivity index (χ0n) is 12.3. The van der Waals surface area contributed by atoms with E-state index in [2.05, 4.69) is 25.7 Å². The molecule has 0 aromatic carbocycles. The highest BCUT2D eigenvalue weighted by molar-refractivity contribution is 4.93. The number of hydrogen-bond donors (Lipinski definition) is 2. The maximum Gasteiger partial charge on any atom is 0.0833 e. The van der Waals surface area contributed by atoms with Gasteiger partial charge < -0.3 is 10.2 Å². The van der Waals surface area contributed by atoms with Gasteiger partial charge in [-0.05, 0) is 38.5 Å². The molecule has 0 saturated carbocycles. The lowest BCUT2D eigenvalue weighted by Gasteiger charge is -2.16. The standard InChI is InChI=1S/C17H30O2/c1-3-5-7-9-11-13-15-17(19)16(18)14-12-10-8-6-4-2/h4-5,7,11,13,16-19H,2-3,6,8-10,12,14-15H2,1H3. The largest absolute Gasteiger partial charge is 0.390 e.